The van der Waals surface area contributed by atoms with Gasteiger partial charge in [0.25, 0.3) is 15.9 Å². The highest BCUT2D eigenvalue weighted by molar-refractivity contribution is 7.94. The first kappa shape index (κ1) is 36.8. The lowest BCUT2D eigenvalue weighted by atomic mass is 10.0. The molecule has 4 atom stereocenters. The number of aliphatic hydroxyl groups excluding tert-OH is 1. The molecule has 0 aliphatic carbocycles. The third-order valence-electron chi connectivity index (χ3n) is 8.14. The molecule has 0 saturated heterocycles. The maximum Gasteiger partial charge on any atom is 0.271 e. The predicted molar refractivity (Wildman–Crippen MR) is 178 cm³/mol. The molecule has 3 heterocycles. The standard InChI is InChI=1S/C31H44N4O9S3/c1-20-17-35(21(2)19-36)31(37)26-16-25(33-46(38,39)29-11-9-15-45-29)12-13-27(26)43-22(3)10-7-8-14-42-28(20)18-34(6)47(40,41)30-23(4)32-44-24(30)5/h9,11-13,15-16,20-22,28,33,36H,7-8,10,14,17-19H2,1-6H3/t20-,21+,22-,28+/m0/s1. The summed E-state index contributed by atoms with van der Waals surface area (Å²) in [4.78, 5) is 15.8. The number of nitrogens with zero attached hydrogens (tertiary/aromatic N) is 3. The molecule has 13 nitrogen and oxygen atoms in total. The second-order valence-electron chi connectivity index (χ2n) is 12.0. The summed E-state index contributed by atoms with van der Waals surface area (Å²) in [6.45, 7) is 8.68. The number of benzene rings is 1. The Labute approximate surface area is 280 Å². The van der Waals surface area contributed by atoms with Crippen molar-refractivity contribution in [3.8, 4) is 5.75 Å². The first-order chi connectivity index (χ1) is 22.1. The lowest BCUT2D eigenvalue weighted by molar-refractivity contribution is -0.00835. The molecule has 47 heavy (non-hydrogen) atoms. The monoisotopic (exact) mass is 712 g/mol. The summed E-state index contributed by atoms with van der Waals surface area (Å²) >= 11 is 1.07. The van der Waals surface area contributed by atoms with Crippen molar-refractivity contribution >= 4 is 43.0 Å². The van der Waals surface area contributed by atoms with Gasteiger partial charge in [0.2, 0.25) is 10.0 Å². The van der Waals surface area contributed by atoms with Crippen molar-refractivity contribution in [2.24, 2.45) is 5.92 Å². The Bertz CT molecular complexity index is 1710. The number of carbonyl (C=O) groups excluding carboxylic acids is 1. The van der Waals surface area contributed by atoms with E-state index in [0.29, 0.717) is 25.2 Å². The Morgan fingerprint density at radius 2 is 1.91 bits per heavy atom. The molecule has 2 aromatic heterocycles. The molecule has 0 bridgehead atoms. The molecule has 1 aliphatic rings. The zero-order valence-electron chi connectivity index (χ0n) is 27.5. The number of carbonyl (C=O) groups is 1. The summed E-state index contributed by atoms with van der Waals surface area (Å²) in [5, 5.41) is 15.6. The zero-order valence-corrected chi connectivity index (χ0v) is 30.0. The van der Waals surface area contributed by atoms with Crippen LogP contribution in [0.4, 0.5) is 5.69 Å². The number of fused-ring (bicyclic) bond motifs is 1. The molecule has 0 saturated carbocycles. The van der Waals surface area contributed by atoms with E-state index in [1.807, 2.05) is 13.8 Å². The van der Waals surface area contributed by atoms with Gasteiger partial charge in [0.05, 0.1) is 30.4 Å². The predicted octanol–water partition coefficient (Wildman–Crippen LogP) is 4.27. The number of ether oxygens (including phenoxy) is 2. The van der Waals surface area contributed by atoms with Crippen LogP contribution in [0.3, 0.4) is 0 Å². The van der Waals surface area contributed by atoms with Crippen LogP contribution < -0.4 is 9.46 Å². The van der Waals surface area contributed by atoms with Crippen LogP contribution in [-0.2, 0) is 24.8 Å². The van der Waals surface area contributed by atoms with E-state index < -0.39 is 38.1 Å². The van der Waals surface area contributed by atoms with E-state index >= 15 is 0 Å². The van der Waals surface area contributed by atoms with Gasteiger partial charge in [-0.3, -0.25) is 9.52 Å². The van der Waals surface area contributed by atoms with Crippen molar-refractivity contribution < 1.29 is 40.7 Å². The van der Waals surface area contributed by atoms with Gasteiger partial charge in [-0.1, -0.05) is 18.1 Å². The highest BCUT2D eigenvalue weighted by atomic mass is 32.2. The number of nitrogens with one attached hydrogen (secondary N) is 1. The summed E-state index contributed by atoms with van der Waals surface area (Å²) in [5.74, 6) is -0.387. The molecule has 0 spiro atoms. The van der Waals surface area contributed by atoms with Crippen LogP contribution in [-0.4, -0.2) is 93.8 Å². The number of anilines is 1. The van der Waals surface area contributed by atoms with E-state index in [1.165, 1.54) is 28.4 Å². The summed E-state index contributed by atoms with van der Waals surface area (Å²) in [6, 6.07) is 7.06. The quantitative estimate of drug-likeness (QED) is 0.327. The second-order valence-corrected chi connectivity index (χ2v) is 16.8. The fourth-order valence-electron chi connectivity index (χ4n) is 5.42. The van der Waals surface area contributed by atoms with Crippen molar-refractivity contribution in [1.82, 2.24) is 14.4 Å². The molecule has 3 aromatic rings. The van der Waals surface area contributed by atoms with E-state index in [1.54, 1.807) is 44.4 Å². The van der Waals surface area contributed by atoms with Crippen molar-refractivity contribution in [3.05, 3.63) is 52.7 Å². The van der Waals surface area contributed by atoms with E-state index in [2.05, 4.69) is 9.88 Å². The Hall–Kier alpha value is -3.02. The molecule has 1 aliphatic heterocycles. The van der Waals surface area contributed by atoms with Gasteiger partial charge in [0.1, 0.15) is 20.5 Å². The number of thiophene rings is 1. The molecule has 1 aromatic carbocycles. The Morgan fingerprint density at radius 3 is 2.55 bits per heavy atom. The number of hydrogen-bond acceptors (Lipinski definition) is 11. The number of amides is 1. The van der Waals surface area contributed by atoms with Gasteiger partial charge in [-0.15, -0.1) is 11.3 Å². The third kappa shape index (κ3) is 8.72. The van der Waals surface area contributed by atoms with Crippen LogP contribution in [0.2, 0.25) is 0 Å². The topological polar surface area (TPSA) is 169 Å². The third-order valence-corrected chi connectivity index (χ3v) is 13.0. The maximum atomic E-state index is 14.3. The van der Waals surface area contributed by atoms with Gasteiger partial charge in [0, 0.05) is 38.3 Å². The molecule has 2 N–H and O–H groups in total. The average molecular weight is 713 g/mol. The fourth-order valence-corrected chi connectivity index (χ4v) is 8.93. The minimum absolute atomic E-state index is 0.00611. The van der Waals surface area contributed by atoms with Crippen molar-refractivity contribution in [1.29, 1.82) is 0 Å². The number of rotatable bonds is 9. The minimum atomic E-state index is -3.96. The average Bonchev–Trinajstić information content (AvgIpc) is 3.69. The van der Waals surface area contributed by atoms with Gasteiger partial charge in [0.15, 0.2) is 5.76 Å². The molecular formula is C31H44N4O9S3. The SMILES string of the molecule is Cc1noc(C)c1S(=O)(=O)N(C)C[C@H]1OCCCC[C@H](C)Oc2ccc(NS(=O)(=O)c3cccs3)cc2C(=O)N([C@H](C)CO)C[C@@H]1C. The van der Waals surface area contributed by atoms with Crippen molar-refractivity contribution in [2.45, 2.75) is 81.2 Å². The fraction of sp³-hybridized carbons (Fsp3) is 0.548. The molecule has 4 rings (SSSR count). The molecular weight excluding hydrogens is 669 g/mol. The number of aryl methyl sites for hydroxylation is 2. The molecule has 16 heteroatoms. The lowest BCUT2D eigenvalue weighted by Crippen LogP contribution is -2.48. The number of likely N-dealkylation sites (N-methyl/N-ethyl adjacent to an activating group) is 1. The van der Waals surface area contributed by atoms with Crippen LogP contribution in [0.5, 0.6) is 5.75 Å². The Balaban J connectivity index is 1.68. The summed E-state index contributed by atoms with van der Waals surface area (Å²) in [5.41, 5.74) is 0.568. The smallest absolute Gasteiger partial charge is 0.271 e. The summed E-state index contributed by atoms with van der Waals surface area (Å²) < 4.78 is 74.5. The largest absolute Gasteiger partial charge is 0.490 e. The van der Waals surface area contributed by atoms with E-state index in [-0.39, 0.29) is 63.5 Å². The molecule has 0 fully saturated rings. The first-order valence-electron chi connectivity index (χ1n) is 15.4. The molecule has 1 amide bonds. The summed E-state index contributed by atoms with van der Waals surface area (Å²) in [7, 11) is -6.38. The van der Waals surface area contributed by atoms with Crippen LogP contribution in [0.15, 0.2) is 49.3 Å². The van der Waals surface area contributed by atoms with Crippen LogP contribution in [0.25, 0.3) is 0 Å². The van der Waals surface area contributed by atoms with Gasteiger partial charge in [-0.25, -0.2) is 16.8 Å². The number of aliphatic hydroxyl groups is 1. The van der Waals surface area contributed by atoms with Gasteiger partial charge in [-0.05, 0) is 76.6 Å². The van der Waals surface area contributed by atoms with Gasteiger partial charge in [-0.2, -0.15) is 4.31 Å². The van der Waals surface area contributed by atoms with Crippen molar-refractivity contribution in [3.63, 3.8) is 0 Å². The lowest BCUT2D eigenvalue weighted by Gasteiger charge is -2.35. The first-order valence-corrected chi connectivity index (χ1v) is 19.3. The van der Waals surface area contributed by atoms with Crippen LogP contribution in [0, 0.1) is 19.8 Å². The molecule has 0 unspecified atom stereocenters. The maximum absolute atomic E-state index is 14.3. The van der Waals surface area contributed by atoms with Crippen LogP contribution in [0.1, 0.15) is 61.8 Å². The van der Waals surface area contributed by atoms with E-state index in [0.717, 1.165) is 17.8 Å². The highest BCUT2D eigenvalue weighted by Gasteiger charge is 2.34. The normalized spacial score (nSPS) is 21.1. The van der Waals surface area contributed by atoms with E-state index in [9.17, 15) is 26.7 Å². The summed E-state index contributed by atoms with van der Waals surface area (Å²) in [6.07, 6.45) is 1.22. The van der Waals surface area contributed by atoms with Crippen molar-refractivity contribution in [2.75, 3.05) is 38.1 Å². The zero-order chi connectivity index (χ0) is 34.5. The number of aromatic nitrogens is 1. The Kier molecular flexibility index (Phi) is 12.1. The number of hydrogen-bond donors (Lipinski definition) is 2. The second kappa shape index (κ2) is 15.5. The highest BCUT2D eigenvalue weighted by Crippen LogP contribution is 2.30. The van der Waals surface area contributed by atoms with Gasteiger partial charge >= 0.3 is 0 Å². The van der Waals surface area contributed by atoms with Crippen LogP contribution >= 0.6 is 11.3 Å². The van der Waals surface area contributed by atoms with Gasteiger partial charge < -0.3 is 24.0 Å². The Morgan fingerprint density at radius 1 is 1.17 bits per heavy atom. The van der Waals surface area contributed by atoms with E-state index in [4.69, 9.17) is 14.0 Å². The number of sulfonamides is 2. The molecule has 0 radical (unpaired) electrons. The molecule has 260 valence electrons. The minimum Gasteiger partial charge on any atom is -0.490 e.